The Morgan fingerprint density at radius 1 is 1.06 bits per heavy atom. The van der Waals surface area contributed by atoms with Gasteiger partial charge < -0.3 is 19.9 Å². The molecule has 3 aromatic rings. The zero-order chi connectivity index (χ0) is 24.3. The van der Waals surface area contributed by atoms with Crippen LogP contribution in [0.15, 0.2) is 48.5 Å². The number of carboxylic acid groups (broad SMARTS) is 1. The lowest BCUT2D eigenvalue weighted by atomic mass is 9.94. The van der Waals surface area contributed by atoms with Crippen LogP contribution in [0.5, 0.6) is 11.5 Å². The molecule has 1 saturated carbocycles. The minimum atomic E-state index is -3.75. The Balaban J connectivity index is 0.00000289. The number of alkyl halides is 2. The van der Waals surface area contributed by atoms with Crippen molar-refractivity contribution in [1.82, 2.24) is 4.98 Å². The molecular formula is C24H19F3N2O5. The Morgan fingerprint density at radius 3 is 2.47 bits per heavy atom. The van der Waals surface area contributed by atoms with Gasteiger partial charge in [0.25, 0.3) is 0 Å². The molecule has 1 aromatic heterocycles. The average molecular weight is 472 g/mol. The number of aryl methyl sites for hydroxylation is 1. The van der Waals surface area contributed by atoms with Crippen LogP contribution in [0.25, 0.3) is 11.3 Å². The second kappa shape index (κ2) is 7.47. The smallest absolute Gasteiger partial charge is 0.478 e. The number of amides is 1. The van der Waals surface area contributed by atoms with Gasteiger partial charge in [-0.25, -0.2) is 14.2 Å². The topological polar surface area (TPSA) is 97.8 Å². The molecule has 0 atom stereocenters. The predicted molar refractivity (Wildman–Crippen MR) is 116 cm³/mol. The van der Waals surface area contributed by atoms with E-state index in [0.717, 1.165) is 12.1 Å². The first kappa shape index (κ1) is 21.7. The van der Waals surface area contributed by atoms with Crippen LogP contribution in [-0.4, -0.2) is 28.3 Å². The number of aromatic nitrogens is 1. The summed E-state index contributed by atoms with van der Waals surface area (Å²) in [5.41, 5.74) is 0.570. The normalized spacial score (nSPS) is 16.7. The molecule has 0 saturated heterocycles. The Bertz CT molecular complexity index is 1360. The van der Waals surface area contributed by atoms with E-state index < -0.39 is 29.1 Å². The first-order valence-corrected chi connectivity index (χ1v) is 10.3. The number of nitrogens with zero attached hydrogens (tertiary/aromatic N) is 1. The Kier molecular flexibility index (Phi) is 4.78. The number of carbonyl (C=O) groups excluding carboxylic acids is 1. The molecule has 1 aliphatic heterocycles. The van der Waals surface area contributed by atoms with Gasteiger partial charge in [-0.05, 0) is 61.2 Å². The third kappa shape index (κ3) is 3.70. The molecule has 34 heavy (non-hydrogen) atoms. The molecule has 0 radical (unpaired) electrons. The fourth-order valence-electron chi connectivity index (χ4n) is 3.98. The Hall–Kier alpha value is -4.08. The van der Waals surface area contributed by atoms with E-state index >= 15 is 0 Å². The highest BCUT2D eigenvalue weighted by Crippen LogP contribution is 2.52. The van der Waals surface area contributed by atoms with Gasteiger partial charge in [0.05, 0.1) is 16.7 Å². The number of anilines is 1. The quantitative estimate of drug-likeness (QED) is 0.534. The number of hydrogen-bond acceptors (Lipinski definition) is 5. The van der Waals surface area contributed by atoms with Crippen molar-refractivity contribution in [1.29, 1.82) is 0 Å². The van der Waals surface area contributed by atoms with Crippen molar-refractivity contribution >= 4 is 17.7 Å². The maximum Gasteiger partial charge on any atom is 0.586 e. The van der Waals surface area contributed by atoms with Crippen LogP contribution in [0.4, 0.5) is 19.0 Å². The summed E-state index contributed by atoms with van der Waals surface area (Å²) in [4.78, 5) is 28.6. The summed E-state index contributed by atoms with van der Waals surface area (Å²) in [6.07, 6.45) is -2.73. The predicted octanol–water partition coefficient (Wildman–Crippen LogP) is 5.13. The number of hydrogen-bond donors (Lipinski definition) is 2. The van der Waals surface area contributed by atoms with Crippen LogP contribution in [0.1, 0.15) is 35.8 Å². The van der Waals surface area contributed by atoms with Crippen molar-refractivity contribution in [3.63, 3.8) is 0 Å². The van der Waals surface area contributed by atoms with E-state index in [9.17, 15) is 22.8 Å². The van der Waals surface area contributed by atoms with Gasteiger partial charge in [0.1, 0.15) is 11.6 Å². The summed E-state index contributed by atoms with van der Waals surface area (Å²) < 4.78 is 49.8. The standard InChI is InChI=1S/C24H17F3N2O5.H2/c1-12-2-7-19(28-20(12)13-3-5-15(21(30)31)16(25)10-13)29-22(32)23(8-9-23)14-4-6-17-18(11-14)34-24(26,27)33-17;/h2-7,10-11H,8-9H2,1H3,(H,30,31)(H,28,29,32);1H. The number of benzene rings is 2. The third-order valence-corrected chi connectivity index (χ3v) is 5.95. The van der Waals surface area contributed by atoms with E-state index in [-0.39, 0.29) is 24.7 Å². The van der Waals surface area contributed by atoms with Crippen molar-refractivity contribution in [3.8, 4) is 22.8 Å². The Morgan fingerprint density at radius 2 is 1.79 bits per heavy atom. The molecule has 2 N–H and O–H groups in total. The summed E-state index contributed by atoms with van der Waals surface area (Å²) >= 11 is 0. The summed E-state index contributed by atoms with van der Waals surface area (Å²) in [5, 5.41) is 11.8. The van der Waals surface area contributed by atoms with Gasteiger partial charge in [-0.3, -0.25) is 4.79 Å². The molecule has 0 unspecified atom stereocenters. The molecule has 0 bridgehead atoms. The fraction of sp³-hybridized carbons (Fsp3) is 0.208. The van der Waals surface area contributed by atoms with Gasteiger partial charge in [0.2, 0.25) is 5.91 Å². The number of fused-ring (bicyclic) bond motifs is 1. The molecular weight excluding hydrogens is 453 g/mol. The number of halogens is 3. The second-order valence-electron chi connectivity index (χ2n) is 8.23. The van der Waals surface area contributed by atoms with Crippen LogP contribution in [0, 0.1) is 12.7 Å². The van der Waals surface area contributed by atoms with Crippen LogP contribution < -0.4 is 14.8 Å². The van der Waals surface area contributed by atoms with Gasteiger partial charge in [-0.1, -0.05) is 18.2 Å². The molecule has 5 rings (SSSR count). The van der Waals surface area contributed by atoms with Crippen molar-refractivity contribution in [2.45, 2.75) is 31.5 Å². The zero-order valence-electron chi connectivity index (χ0n) is 17.7. The summed E-state index contributed by atoms with van der Waals surface area (Å²) in [5.74, 6) is -2.66. The van der Waals surface area contributed by atoms with Gasteiger partial charge in [0, 0.05) is 6.99 Å². The van der Waals surface area contributed by atoms with E-state index in [1.54, 1.807) is 25.1 Å². The zero-order valence-corrected chi connectivity index (χ0v) is 17.7. The number of carboxylic acids is 1. The molecule has 10 heteroatoms. The maximum atomic E-state index is 14.2. The monoisotopic (exact) mass is 472 g/mol. The van der Waals surface area contributed by atoms with Gasteiger partial charge in [-0.15, -0.1) is 8.78 Å². The van der Waals surface area contributed by atoms with Crippen LogP contribution in [0.2, 0.25) is 0 Å². The van der Waals surface area contributed by atoms with Gasteiger partial charge >= 0.3 is 12.3 Å². The molecule has 2 aromatic carbocycles. The number of nitrogens with one attached hydrogen (secondary N) is 1. The number of carbonyl (C=O) groups is 2. The highest BCUT2D eigenvalue weighted by atomic mass is 19.3. The SMILES string of the molecule is Cc1ccc(NC(=O)C2(c3ccc4c(c3)OC(F)(F)O4)CC2)nc1-c1ccc(C(=O)O)c(F)c1.[HH]. The van der Waals surface area contributed by atoms with Crippen molar-refractivity contribution in [2.75, 3.05) is 5.32 Å². The van der Waals surface area contributed by atoms with E-state index in [1.807, 2.05) is 0 Å². The fourth-order valence-corrected chi connectivity index (χ4v) is 3.98. The number of aromatic carboxylic acids is 1. The molecule has 0 spiro atoms. The summed E-state index contributed by atoms with van der Waals surface area (Å²) in [6, 6.07) is 11.2. The van der Waals surface area contributed by atoms with Crippen LogP contribution in [0.3, 0.4) is 0 Å². The van der Waals surface area contributed by atoms with E-state index in [1.165, 1.54) is 18.2 Å². The van der Waals surface area contributed by atoms with E-state index in [0.29, 0.717) is 35.2 Å². The maximum absolute atomic E-state index is 14.2. The third-order valence-electron chi connectivity index (χ3n) is 5.95. The second-order valence-corrected chi connectivity index (χ2v) is 8.23. The lowest BCUT2D eigenvalue weighted by Crippen LogP contribution is -2.28. The Labute approximate surface area is 192 Å². The summed E-state index contributed by atoms with van der Waals surface area (Å²) in [7, 11) is 0. The highest BCUT2D eigenvalue weighted by molar-refractivity contribution is 6.01. The molecule has 1 amide bonds. The van der Waals surface area contributed by atoms with Crippen molar-refractivity contribution in [2.24, 2.45) is 0 Å². The number of rotatable bonds is 5. The lowest BCUT2D eigenvalue weighted by molar-refractivity contribution is -0.286. The minimum Gasteiger partial charge on any atom is -0.478 e. The van der Waals surface area contributed by atoms with Gasteiger partial charge in [0.15, 0.2) is 11.5 Å². The first-order valence-electron chi connectivity index (χ1n) is 10.3. The van der Waals surface area contributed by atoms with Gasteiger partial charge in [-0.2, -0.15) is 0 Å². The molecule has 2 heterocycles. The van der Waals surface area contributed by atoms with Crippen LogP contribution >= 0.6 is 0 Å². The molecule has 2 aliphatic rings. The van der Waals surface area contributed by atoms with Crippen molar-refractivity contribution < 1.29 is 38.8 Å². The molecule has 7 nitrogen and oxygen atoms in total. The van der Waals surface area contributed by atoms with Crippen LogP contribution in [-0.2, 0) is 10.2 Å². The summed E-state index contributed by atoms with van der Waals surface area (Å²) in [6.45, 7) is 1.75. The number of ether oxygens (including phenoxy) is 2. The molecule has 1 aliphatic carbocycles. The molecule has 1 fully saturated rings. The first-order chi connectivity index (χ1) is 16.1. The number of pyridine rings is 1. The van der Waals surface area contributed by atoms with E-state index in [2.05, 4.69) is 19.8 Å². The van der Waals surface area contributed by atoms with E-state index in [4.69, 9.17) is 5.11 Å². The molecule has 176 valence electrons. The highest BCUT2D eigenvalue weighted by Gasteiger charge is 2.53. The van der Waals surface area contributed by atoms with Crippen molar-refractivity contribution in [3.05, 3.63) is 71.0 Å². The largest absolute Gasteiger partial charge is 0.586 e. The minimum absolute atomic E-state index is 0. The average Bonchev–Trinajstić information content (AvgIpc) is 3.52. The lowest BCUT2D eigenvalue weighted by Gasteiger charge is -2.17.